The van der Waals surface area contributed by atoms with Gasteiger partial charge in [0.05, 0.1) is 17.9 Å². The van der Waals surface area contributed by atoms with Crippen LogP contribution in [0.2, 0.25) is 0 Å². The molecule has 0 radical (unpaired) electrons. The monoisotopic (exact) mass is 395 g/mol. The second kappa shape index (κ2) is 7.03. The lowest BCUT2D eigenvalue weighted by Crippen LogP contribution is -2.35. The smallest absolute Gasteiger partial charge is 0.410 e. The average Bonchev–Trinajstić information content (AvgIpc) is 2.98. The topological polar surface area (TPSA) is 111 Å². The number of benzene rings is 1. The normalized spacial score (nSPS) is 21.4. The molecule has 0 bridgehead atoms. The molecule has 148 valence electrons. The number of ether oxygens (including phenoxy) is 2. The molecule has 0 saturated carbocycles. The van der Waals surface area contributed by atoms with E-state index < -0.39 is 15.6 Å². The van der Waals surface area contributed by atoms with Crippen molar-refractivity contribution in [1.29, 1.82) is 0 Å². The summed E-state index contributed by atoms with van der Waals surface area (Å²) in [5.74, 6) is 0.447. The number of sulfonamides is 1. The number of hydrogen-bond acceptors (Lipinski definition) is 6. The Balaban J connectivity index is 1.63. The molecule has 0 aliphatic carbocycles. The van der Waals surface area contributed by atoms with Crippen LogP contribution in [0.3, 0.4) is 0 Å². The SMILES string of the molecule is CC(C)(C)OC(=O)N1CCC(COc2cccc3c2C(N)=NS(=O)(=O)C3)C1. The second-order valence-electron chi connectivity index (χ2n) is 7.89. The van der Waals surface area contributed by atoms with Crippen molar-refractivity contribution in [2.75, 3.05) is 19.7 Å². The molecule has 1 saturated heterocycles. The lowest BCUT2D eigenvalue weighted by Gasteiger charge is -2.24. The molecule has 0 spiro atoms. The largest absolute Gasteiger partial charge is 0.492 e. The Morgan fingerprint density at radius 2 is 2.11 bits per heavy atom. The van der Waals surface area contributed by atoms with Crippen molar-refractivity contribution >= 4 is 22.0 Å². The Bertz CT molecular complexity index is 873. The van der Waals surface area contributed by atoms with Crippen molar-refractivity contribution in [2.45, 2.75) is 38.5 Å². The highest BCUT2D eigenvalue weighted by atomic mass is 32.2. The Labute approximate surface area is 159 Å². The number of rotatable bonds is 3. The highest BCUT2D eigenvalue weighted by Gasteiger charge is 2.31. The zero-order valence-corrected chi connectivity index (χ0v) is 16.6. The van der Waals surface area contributed by atoms with Crippen LogP contribution in [0.5, 0.6) is 5.75 Å². The number of likely N-dealkylation sites (tertiary alicyclic amines) is 1. The molecule has 8 nitrogen and oxygen atoms in total. The maximum Gasteiger partial charge on any atom is 0.410 e. The van der Waals surface area contributed by atoms with E-state index in [4.69, 9.17) is 15.2 Å². The lowest BCUT2D eigenvalue weighted by molar-refractivity contribution is 0.0285. The number of nitrogens with two attached hydrogens (primary N) is 1. The summed E-state index contributed by atoms with van der Waals surface area (Å²) < 4.78 is 38.4. The first-order chi connectivity index (χ1) is 12.5. The lowest BCUT2D eigenvalue weighted by atomic mass is 10.1. The third-order valence-corrected chi connectivity index (χ3v) is 5.51. The number of nitrogens with zero attached hydrogens (tertiary/aromatic N) is 2. The molecular weight excluding hydrogens is 370 g/mol. The van der Waals surface area contributed by atoms with Crippen LogP contribution in [0.1, 0.15) is 38.3 Å². The van der Waals surface area contributed by atoms with Crippen LogP contribution >= 0.6 is 0 Å². The number of amidine groups is 1. The van der Waals surface area contributed by atoms with Crippen molar-refractivity contribution in [3.05, 3.63) is 29.3 Å². The minimum Gasteiger partial charge on any atom is -0.492 e. The first-order valence-electron chi connectivity index (χ1n) is 8.85. The predicted molar refractivity (Wildman–Crippen MR) is 101 cm³/mol. The number of carbonyl (C=O) groups excluding carboxylic acids is 1. The van der Waals surface area contributed by atoms with Gasteiger partial charge in [-0.3, -0.25) is 0 Å². The van der Waals surface area contributed by atoms with E-state index in [-0.39, 0.29) is 23.6 Å². The van der Waals surface area contributed by atoms with Crippen LogP contribution in [0.4, 0.5) is 4.79 Å². The van der Waals surface area contributed by atoms with E-state index in [2.05, 4.69) is 4.40 Å². The van der Waals surface area contributed by atoms with E-state index in [1.165, 1.54) is 0 Å². The summed E-state index contributed by atoms with van der Waals surface area (Å²) in [6.45, 7) is 7.10. The maximum atomic E-state index is 12.1. The third kappa shape index (κ3) is 4.71. The van der Waals surface area contributed by atoms with Gasteiger partial charge >= 0.3 is 6.09 Å². The molecular formula is C18H25N3O5S. The molecule has 1 fully saturated rings. The van der Waals surface area contributed by atoms with Crippen LogP contribution in [0.15, 0.2) is 22.6 Å². The molecule has 1 aromatic carbocycles. The molecule has 1 amide bonds. The van der Waals surface area contributed by atoms with Gasteiger partial charge in [0.15, 0.2) is 0 Å². The summed E-state index contributed by atoms with van der Waals surface area (Å²) in [5.41, 5.74) is 6.45. The Morgan fingerprint density at radius 1 is 1.37 bits per heavy atom. The summed E-state index contributed by atoms with van der Waals surface area (Å²) in [7, 11) is -3.58. The van der Waals surface area contributed by atoms with Crippen LogP contribution in [-0.2, 0) is 20.5 Å². The maximum absolute atomic E-state index is 12.1. The third-order valence-electron chi connectivity index (χ3n) is 4.36. The molecule has 27 heavy (non-hydrogen) atoms. The van der Waals surface area contributed by atoms with Crippen molar-refractivity contribution in [3.8, 4) is 5.75 Å². The van der Waals surface area contributed by atoms with Gasteiger partial charge in [-0.1, -0.05) is 12.1 Å². The summed E-state index contributed by atoms with van der Waals surface area (Å²) in [6, 6.07) is 5.20. The fourth-order valence-corrected chi connectivity index (χ4v) is 4.29. The molecule has 2 aliphatic rings. The van der Waals surface area contributed by atoms with Gasteiger partial charge in [0.1, 0.15) is 17.2 Å². The van der Waals surface area contributed by atoms with Crippen molar-refractivity contribution < 1.29 is 22.7 Å². The molecule has 2 heterocycles. The Hall–Kier alpha value is -2.29. The van der Waals surface area contributed by atoms with Gasteiger partial charge < -0.3 is 20.1 Å². The van der Waals surface area contributed by atoms with Crippen molar-refractivity contribution in [3.63, 3.8) is 0 Å². The van der Waals surface area contributed by atoms with Gasteiger partial charge in [0.2, 0.25) is 0 Å². The molecule has 0 aromatic heterocycles. The van der Waals surface area contributed by atoms with E-state index in [1.54, 1.807) is 23.1 Å². The fourth-order valence-electron chi connectivity index (χ4n) is 3.20. The van der Waals surface area contributed by atoms with E-state index in [9.17, 15) is 13.2 Å². The number of fused-ring (bicyclic) bond motifs is 1. The summed E-state index contributed by atoms with van der Waals surface area (Å²) >= 11 is 0. The molecule has 3 rings (SSSR count). The van der Waals surface area contributed by atoms with E-state index in [0.717, 1.165) is 6.42 Å². The van der Waals surface area contributed by atoms with Gasteiger partial charge in [-0.15, -0.1) is 4.40 Å². The molecule has 1 atom stereocenters. The molecule has 9 heteroatoms. The highest BCUT2D eigenvalue weighted by molar-refractivity contribution is 7.89. The summed E-state index contributed by atoms with van der Waals surface area (Å²) in [4.78, 5) is 13.8. The zero-order valence-electron chi connectivity index (χ0n) is 15.8. The van der Waals surface area contributed by atoms with Gasteiger partial charge in [0.25, 0.3) is 10.0 Å². The van der Waals surface area contributed by atoms with Gasteiger partial charge in [-0.2, -0.15) is 0 Å². The summed E-state index contributed by atoms with van der Waals surface area (Å²) in [5, 5.41) is 0. The predicted octanol–water partition coefficient (Wildman–Crippen LogP) is 1.87. The second-order valence-corrected chi connectivity index (χ2v) is 9.52. The first kappa shape index (κ1) is 19.5. The molecule has 2 N–H and O–H groups in total. The van der Waals surface area contributed by atoms with Gasteiger partial charge in [0, 0.05) is 19.0 Å². The van der Waals surface area contributed by atoms with Crippen LogP contribution in [-0.4, -0.2) is 50.5 Å². The van der Waals surface area contributed by atoms with E-state index in [0.29, 0.717) is 36.6 Å². The highest BCUT2D eigenvalue weighted by Crippen LogP contribution is 2.29. The van der Waals surface area contributed by atoms with Crippen molar-refractivity contribution in [1.82, 2.24) is 4.90 Å². The Morgan fingerprint density at radius 3 is 2.81 bits per heavy atom. The van der Waals surface area contributed by atoms with Crippen molar-refractivity contribution in [2.24, 2.45) is 16.0 Å². The van der Waals surface area contributed by atoms with Crippen LogP contribution < -0.4 is 10.5 Å². The van der Waals surface area contributed by atoms with Crippen LogP contribution in [0.25, 0.3) is 0 Å². The summed E-state index contributed by atoms with van der Waals surface area (Å²) in [6.07, 6.45) is 0.496. The molecule has 1 unspecified atom stereocenters. The minimum absolute atomic E-state index is 0.0475. The standard InChI is InChI=1S/C18H25N3O5S/c1-18(2,3)26-17(22)21-8-7-12(9-21)10-25-14-6-4-5-13-11-27(23,24)20-16(19)15(13)14/h4-6,12H,7-11H2,1-3H3,(H2,19,20). The van der Waals surface area contributed by atoms with Gasteiger partial charge in [-0.25, -0.2) is 13.2 Å². The zero-order chi connectivity index (χ0) is 19.8. The van der Waals surface area contributed by atoms with Crippen LogP contribution in [0, 0.1) is 5.92 Å². The molecule has 1 aromatic rings. The van der Waals surface area contributed by atoms with E-state index in [1.807, 2.05) is 20.8 Å². The number of amides is 1. The number of carbonyl (C=O) groups is 1. The number of hydrogen-bond donors (Lipinski definition) is 1. The Kier molecular flexibility index (Phi) is 5.07. The minimum atomic E-state index is -3.58. The quantitative estimate of drug-likeness (QED) is 0.836. The van der Waals surface area contributed by atoms with Gasteiger partial charge in [-0.05, 0) is 38.8 Å². The first-order valence-corrected chi connectivity index (χ1v) is 10.5. The molecule has 2 aliphatic heterocycles. The average molecular weight is 395 g/mol. The fraction of sp³-hybridized carbons (Fsp3) is 0.556. The van der Waals surface area contributed by atoms with E-state index >= 15 is 0 Å².